The molecule has 1 saturated carbocycles. The number of rotatable bonds is 4. The number of hydrogen-bond acceptors (Lipinski definition) is 7. The number of hydrogen-bond donors (Lipinski definition) is 0. The molecule has 7 heteroatoms. The first-order valence-corrected chi connectivity index (χ1v) is 7.89. The fourth-order valence-corrected chi connectivity index (χ4v) is 3.68. The topological polar surface area (TPSA) is 78.1 Å². The van der Waals surface area contributed by atoms with E-state index in [0.29, 0.717) is 22.5 Å². The van der Waals surface area contributed by atoms with E-state index in [1.807, 2.05) is 6.92 Å². The fourth-order valence-electron chi connectivity index (χ4n) is 2.55. The largest absolute Gasteiger partial charge is 0.451 e. The molecule has 0 unspecified atom stereocenters. The van der Waals surface area contributed by atoms with Gasteiger partial charge >= 0.3 is 5.97 Å². The highest BCUT2D eigenvalue weighted by Gasteiger charge is 2.24. The van der Waals surface area contributed by atoms with Gasteiger partial charge in [-0.3, -0.25) is 0 Å². The van der Waals surface area contributed by atoms with Gasteiger partial charge in [-0.15, -0.1) is 11.3 Å². The number of aryl methyl sites for hydroxylation is 2. The quantitative estimate of drug-likeness (QED) is 0.807. The first-order chi connectivity index (χ1) is 10.1. The second-order valence-corrected chi connectivity index (χ2v) is 6.29. The smallest absolute Gasteiger partial charge is 0.350 e. The van der Waals surface area contributed by atoms with E-state index in [0.717, 1.165) is 10.7 Å². The van der Waals surface area contributed by atoms with E-state index in [4.69, 9.17) is 9.26 Å². The number of carbonyl (C=O) groups excluding carboxylic acids is 1. The van der Waals surface area contributed by atoms with Gasteiger partial charge in [0, 0.05) is 5.92 Å². The van der Waals surface area contributed by atoms with Crippen LogP contribution in [0.4, 0.5) is 0 Å². The highest BCUT2D eigenvalue weighted by molar-refractivity contribution is 7.13. The summed E-state index contributed by atoms with van der Waals surface area (Å²) < 4.78 is 10.1. The molecule has 0 bridgehead atoms. The maximum absolute atomic E-state index is 12.1. The van der Waals surface area contributed by atoms with Crippen molar-refractivity contribution in [2.45, 2.75) is 52.1 Å². The summed E-state index contributed by atoms with van der Waals surface area (Å²) in [6, 6.07) is 0. The molecule has 0 N–H and O–H groups in total. The van der Waals surface area contributed by atoms with Crippen molar-refractivity contribution in [1.29, 1.82) is 0 Å². The monoisotopic (exact) mass is 307 g/mol. The van der Waals surface area contributed by atoms with Crippen LogP contribution in [0.15, 0.2) is 4.52 Å². The highest BCUT2D eigenvalue weighted by Crippen LogP contribution is 2.37. The van der Waals surface area contributed by atoms with E-state index in [-0.39, 0.29) is 12.6 Å². The van der Waals surface area contributed by atoms with E-state index in [1.54, 1.807) is 6.92 Å². The summed E-state index contributed by atoms with van der Waals surface area (Å²) in [5.41, 5.74) is 0.744. The van der Waals surface area contributed by atoms with E-state index >= 15 is 0 Å². The van der Waals surface area contributed by atoms with Crippen LogP contribution in [0.3, 0.4) is 0 Å². The average molecular weight is 307 g/mol. The molecule has 0 spiro atoms. The van der Waals surface area contributed by atoms with Crippen molar-refractivity contribution in [2.24, 2.45) is 0 Å². The summed E-state index contributed by atoms with van der Waals surface area (Å²) in [5, 5.41) is 4.71. The number of carbonyl (C=O) groups is 1. The van der Waals surface area contributed by atoms with Crippen LogP contribution in [-0.4, -0.2) is 21.1 Å². The number of nitrogens with zero attached hydrogens (tertiary/aromatic N) is 3. The molecule has 3 rings (SSSR count). The third-order valence-corrected chi connectivity index (χ3v) is 4.90. The molecule has 1 aliphatic rings. The zero-order chi connectivity index (χ0) is 14.8. The van der Waals surface area contributed by atoms with Crippen LogP contribution in [0.25, 0.3) is 0 Å². The number of thiazole rings is 1. The normalized spacial score (nSPS) is 15.5. The van der Waals surface area contributed by atoms with Crippen molar-refractivity contribution in [3.63, 3.8) is 0 Å². The second-order valence-electron chi connectivity index (χ2n) is 5.26. The molecule has 2 aromatic rings. The Bertz CT molecular complexity index is 644. The van der Waals surface area contributed by atoms with Crippen molar-refractivity contribution >= 4 is 17.3 Å². The molecule has 0 radical (unpaired) electrons. The Morgan fingerprint density at radius 1 is 1.33 bits per heavy atom. The average Bonchev–Trinajstić information content (AvgIpc) is 3.16. The van der Waals surface area contributed by atoms with Gasteiger partial charge in [-0.05, 0) is 26.7 Å². The maximum Gasteiger partial charge on any atom is 0.350 e. The molecule has 112 valence electrons. The van der Waals surface area contributed by atoms with Gasteiger partial charge in [-0.2, -0.15) is 4.98 Å². The molecule has 1 fully saturated rings. The second kappa shape index (κ2) is 5.93. The van der Waals surface area contributed by atoms with Crippen molar-refractivity contribution < 1.29 is 14.1 Å². The Labute approximate surface area is 126 Å². The third kappa shape index (κ3) is 3.12. The Morgan fingerprint density at radius 2 is 2.10 bits per heavy atom. The molecule has 0 aromatic carbocycles. The minimum Gasteiger partial charge on any atom is -0.451 e. The van der Waals surface area contributed by atoms with Crippen molar-refractivity contribution in [3.8, 4) is 0 Å². The first-order valence-electron chi connectivity index (χ1n) is 7.07. The van der Waals surface area contributed by atoms with Gasteiger partial charge in [0.2, 0.25) is 0 Å². The molecule has 0 aliphatic heterocycles. The lowest BCUT2D eigenvalue weighted by Gasteiger charge is -2.02. The Kier molecular flexibility index (Phi) is 4.01. The first kappa shape index (κ1) is 14.2. The molecule has 21 heavy (non-hydrogen) atoms. The zero-order valence-corrected chi connectivity index (χ0v) is 12.9. The molecule has 6 nitrogen and oxygen atoms in total. The number of esters is 1. The van der Waals surface area contributed by atoms with Crippen LogP contribution >= 0.6 is 11.3 Å². The number of aromatic nitrogens is 3. The molecular weight excluding hydrogens is 290 g/mol. The van der Waals surface area contributed by atoms with Crippen LogP contribution in [0.1, 0.15) is 63.7 Å². The Hall–Kier alpha value is -1.76. The summed E-state index contributed by atoms with van der Waals surface area (Å²) in [7, 11) is 0. The van der Waals surface area contributed by atoms with Crippen LogP contribution < -0.4 is 0 Å². The summed E-state index contributed by atoms with van der Waals surface area (Å²) in [6.45, 7) is 3.56. The lowest BCUT2D eigenvalue weighted by molar-refractivity contribution is 0.0434. The van der Waals surface area contributed by atoms with Gasteiger partial charge in [-0.25, -0.2) is 9.78 Å². The lowest BCUT2D eigenvalue weighted by Crippen LogP contribution is -2.05. The molecular formula is C14H17N3O3S. The molecule has 0 saturated heterocycles. The minimum absolute atomic E-state index is 0.00419. The summed E-state index contributed by atoms with van der Waals surface area (Å²) >= 11 is 1.45. The van der Waals surface area contributed by atoms with E-state index < -0.39 is 0 Å². The van der Waals surface area contributed by atoms with Crippen molar-refractivity contribution in [1.82, 2.24) is 15.1 Å². The molecule has 0 atom stereocenters. The Morgan fingerprint density at radius 3 is 2.76 bits per heavy atom. The van der Waals surface area contributed by atoms with Gasteiger partial charge in [-0.1, -0.05) is 18.0 Å². The highest BCUT2D eigenvalue weighted by atomic mass is 32.1. The van der Waals surface area contributed by atoms with Crippen LogP contribution in [0.2, 0.25) is 0 Å². The molecule has 1 aliphatic carbocycles. The third-order valence-electron chi connectivity index (χ3n) is 3.60. The van der Waals surface area contributed by atoms with Gasteiger partial charge in [0.25, 0.3) is 5.89 Å². The van der Waals surface area contributed by atoms with Gasteiger partial charge in [0.05, 0.1) is 10.7 Å². The Balaban J connectivity index is 1.66. The molecule has 2 heterocycles. The minimum atomic E-state index is -0.370. The molecule has 0 amide bonds. The molecule has 2 aromatic heterocycles. The van der Waals surface area contributed by atoms with Crippen molar-refractivity contribution in [3.05, 3.63) is 27.3 Å². The van der Waals surface area contributed by atoms with Crippen LogP contribution in [0.5, 0.6) is 0 Å². The van der Waals surface area contributed by atoms with Gasteiger partial charge in [0.15, 0.2) is 12.4 Å². The fraction of sp³-hybridized carbons (Fsp3) is 0.571. The summed E-state index contributed by atoms with van der Waals surface area (Å²) in [6.07, 6.45) is 4.84. The SMILES string of the molecule is Cc1noc(COC(=O)c2sc(C3CCCC3)nc2C)n1. The van der Waals surface area contributed by atoms with E-state index in [9.17, 15) is 4.79 Å². The number of ether oxygens (including phenoxy) is 1. The standard InChI is InChI=1S/C14H17N3O3S/c1-8-12(21-13(15-8)10-5-3-4-6-10)14(18)19-7-11-16-9(2)17-20-11/h10H,3-7H2,1-2H3. The van der Waals surface area contributed by atoms with E-state index in [2.05, 4.69) is 15.1 Å². The summed E-state index contributed by atoms with van der Waals surface area (Å²) in [4.78, 5) is 21.2. The summed E-state index contributed by atoms with van der Waals surface area (Å²) in [5.74, 6) is 0.969. The van der Waals surface area contributed by atoms with Crippen molar-refractivity contribution in [2.75, 3.05) is 0 Å². The van der Waals surface area contributed by atoms with E-state index in [1.165, 1.54) is 37.0 Å². The maximum atomic E-state index is 12.1. The van der Waals surface area contributed by atoms with Crippen LogP contribution in [-0.2, 0) is 11.3 Å². The van der Waals surface area contributed by atoms with Crippen LogP contribution in [0, 0.1) is 13.8 Å². The predicted molar refractivity (Wildman–Crippen MR) is 76.2 cm³/mol. The lowest BCUT2D eigenvalue weighted by atomic mass is 10.1. The van der Waals surface area contributed by atoms with Gasteiger partial charge in [0.1, 0.15) is 4.88 Å². The predicted octanol–water partition coefficient (Wildman–Crippen LogP) is 3.16. The zero-order valence-electron chi connectivity index (χ0n) is 12.1. The van der Waals surface area contributed by atoms with Gasteiger partial charge < -0.3 is 9.26 Å².